The third kappa shape index (κ3) is 4.20. The van der Waals surface area contributed by atoms with Crippen LogP contribution < -0.4 is 5.32 Å². The summed E-state index contributed by atoms with van der Waals surface area (Å²) < 4.78 is 0. The number of nitrogens with one attached hydrogen (secondary N) is 1. The Labute approximate surface area is 131 Å². The van der Waals surface area contributed by atoms with Gasteiger partial charge in [-0.3, -0.25) is 4.90 Å². The minimum atomic E-state index is 0.750. The Kier molecular flexibility index (Phi) is 5.96. The van der Waals surface area contributed by atoms with E-state index >= 15 is 0 Å². The summed E-state index contributed by atoms with van der Waals surface area (Å²) in [6.07, 6.45) is 11.4. The molecule has 0 aromatic rings. The van der Waals surface area contributed by atoms with Gasteiger partial charge in [-0.05, 0) is 70.6 Å². The van der Waals surface area contributed by atoms with Gasteiger partial charge in [-0.2, -0.15) is 0 Å². The van der Waals surface area contributed by atoms with E-state index in [1.807, 2.05) is 0 Å². The first-order valence-corrected chi connectivity index (χ1v) is 9.56. The van der Waals surface area contributed by atoms with Crippen molar-refractivity contribution in [3.8, 4) is 0 Å². The zero-order chi connectivity index (χ0) is 14.5. The molecule has 3 heteroatoms. The van der Waals surface area contributed by atoms with Crippen molar-refractivity contribution in [2.75, 3.05) is 39.3 Å². The van der Waals surface area contributed by atoms with E-state index in [0.29, 0.717) is 0 Å². The van der Waals surface area contributed by atoms with E-state index in [1.54, 1.807) is 0 Å². The van der Waals surface area contributed by atoms with Crippen LogP contribution in [0.5, 0.6) is 0 Å². The van der Waals surface area contributed by atoms with Gasteiger partial charge in [-0.1, -0.05) is 19.8 Å². The minimum absolute atomic E-state index is 0.750. The second kappa shape index (κ2) is 7.94. The maximum absolute atomic E-state index is 3.88. The molecule has 0 aromatic heterocycles. The van der Waals surface area contributed by atoms with Crippen molar-refractivity contribution in [1.82, 2.24) is 15.1 Å². The van der Waals surface area contributed by atoms with Crippen molar-refractivity contribution in [3.05, 3.63) is 0 Å². The predicted octanol–water partition coefficient (Wildman–Crippen LogP) is 2.71. The van der Waals surface area contributed by atoms with Crippen LogP contribution in [-0.4, -0.2) is 61.2 Å². The van der Waals surface area contributed by atoms with Crippen LogP contribution >= 0.6 is 0 Å². The van der Waals surface area contributed by atoms with Crippen LogP contribution in [-0.2, 0) is 0 Å². The fourth-order valence-corrected chi connectivity index (χ4v) is 4.80. The van der Waals surface area contributed by atoms with Crippen LogP contribution in [0.15, 0.2) is 0 Å². The highest BCUT2D eigenvalue weighted by atomic mass is 15.3. The Morgan fingerprint density at radius 1 is 1.00 bits per heavy atom. The molecule has 2 heterocycles. The Hall–Kier alpha value is -0.120. The molecule has 2 saturated heterocycles. The summed E-state index contributed by atoms with van der Waals surface area (Å²) >= 11 is 0. The summed E-state index contributed by atoms with van der Waals surface area (Å²) in [4.78, 5) is 5.55. The maximum Gasteiger partial charge on any atom is 0.0223 e. The first kappa shape index (κ1) is 15.8. The van der Waals surface area contributed by atoms with Crippen LogP contribution in [0, 0.1) is 5.92 Å². The molecule has 3 nitrogen and oxygen atoms in total. The maximum atomic E-state index is 3.88. The van der Waals surface area contributed by atoms with Crippen molar-refractivity contribution >= 4 is 0 Å². The van der Waals surface area contributed by atoms with E-state index in [9.17, 15) is 0 Å². The van der Waals surface area contributed by atoms with Crippen LogP contribution in [0.2, 0.25) is 0 Å². The van der Waals surface area contributed by atoms with Gasteiger partial charge in [0.05, 0.1) is 0 Å². The largest absolute Gasteiger partial charge is 0.312 e. The van der Waals surface area contributed by atoms with Gasteiger partial charge in [0.15, 0.2) is 0 Å². The van der Waals surface area contributed by atoms with Gasteiger partial charge in [0.2, 0.25) is 0 Å². The smallest absolute Gasteiger partial charge is 0.0223 e. The molecule has 1 aliphatic carbocycles. The molecule has 1 saturated carbocycles. The third-order valence-corrected chi connectivity index (χ3v) is 5.97. The topological polar surface area (TPSA) is 18.5 Å². The van der Waals surface area contributed by atoms with Gasteiger partial charge >= 0.3 is 0 Å². The van der Waals surface area contributed by atoms with Crippen LogP contribution in [0.25, 0.3) is 0 Å². The molecule has 122 valence electrons. The van der Waals surface area contributed by atoms with Crippen molar-refractivity contribution in [2.45, 2.75) is 70.4 Å². The number of hydrogen-bond donors (Lipinski definition) is 1. The van der Waals surface area contributed by atoms with Gasteiger partial charge < -0.3 is 10.2 Å². The molecular formula is C18H35N3. The quantitative estimate of drug-likeness (QED) is 0.812. The molecule has 3 aliphatic rings. The van der Waals surface area contributed by atoms with E-state index in [1.165, 1.54) is 90.6 Å². The highest BCUT2D eigenvalue weighted by Crippen LogP contribution is 2.29. The lowest BCUT2D eigenvalue weighted by atomic mass is 9.97. The molecule has 0 spiro atoms. The van der Waals surface area contributed by atoms with Gasteiger partial charge in [0, 0.05) is 25.2 Å². The zero-order valence-corrected chi connectivity index (χ0v) is 14.0. The lowest BCUT2D eigenvalue weighted by Gasteiger charge is -2.32. The van der Waals surface area contributed by atoms with Gasteiger partial charge in [0.1, 0.15) is 0 Å². The summed E-state index contributed by atoms with van der Waals surface area (Å²) in [7, 11) is 0. The van der Waals surface area contributed by atoms with E-state index in [2.05, 4.69) is 22.0 Å². The summed E-state index contributed by atoms with van der Waals surface area (Å²) in [5.41, 5.74) is 0. The molecule has 21 heavy (non-hydrogen) atoms. The van der Waals surface area contributed by atoms with Gasteiger partial charge in [-0.15, -0.1) is 0 Å². The fraction of sp³-hybridized carbons (Fsp3) is 1.00. The summed E-state index contributed by atoms with van der Waals surface area (Å²) in [6.45, 7) is 10.2. The van der Waals surface area contributed by atoms with Crippen LogP contribution in [0.4, 0.5) is 0 Å². The molecular weight excluding hydrogens is 258 g/mol. The lowest BCUT2D eigenvalue weighted by molar-refractivity contribution is 0.186. The van der Waals surface area contributed by atoms with Gasteiger partial charge in [0.25, 0.3) is 0 Å². The first-order chi connectivity index (χ1) is 10.4. The molecule has 3 rings (SSSR count). The molecule has 0 aromatic carbocycles. The molecule has 0 bridgehead atoms. The molecule has 3 fully saturated rings. The summed E-state index contributed by atoms with van der Waals surface area (Å²) in [5, 5.41) is 3.88. The van der Waals surface area contributed by atoms with E-state index < -0.39 is 0 Å². The molecule has 1 N–H and O–H groups in total. The van der Waals surface area contributed by atoms with Gasteiger partial charge in [-0.25, -0.2) is 0 Å². The van der Waals surface area contributed by atoms with Crippen molar-refractivity contribution in [1.29, 1.82) is 0 Å². The Morgan fingerprint density at radius 2 is 1.81 bits per heavy atom. The van der Waals surface area contributed by atoms with Crippen molar-refractivity contribution < 1.29 is 0 Å². The lowest BCUT2D eigenvalue weighted by Crippen LogP contribution is -2.47. The Bertz CT molecular complexity index is 301. The monoisotopic (exact) mass is 293 g/mol. The average Bonchev–Trinajstić information content (AvgIpc) is 3.13. The molecule has 2 atom stereocenters. The standard InChI is InChI=1S/C18H35N3/c1-2-10-19-18(16-7-3-4-8-16)15-20-11-6-13-21-12-5-9-17(21)14-20/h16-19H,2-15H2,1H3. The molecule has 2 unspecified atom stereocenters. The summed E-state index contributed by atoms with van der Waals surface area (Å²) in [5.74, 6) is 0.944. The number of fused-ring (bicyclic) bond motifs is 1. The predicted molar refractivity (Wildman–Crippen MR) is 89.7 cm³/mol. The zero-order valence-electron chi connectivity index (χ0n) is 14.0. The Morgan fingerprint density at radius 3 is 2.62 bits per heavy atom. The van der Waals surface area contributed by atoms with Crippen LogP contribution in [0.3, 0.4) is 0 Å². The Balaban J connectivity index is 1.55. The van der Waals surface area contributed by atoms with Crippen molar-refractivity contribution in [3.63, 3.8) is 0 Å². The second-order valence-electron chi connectivity index (χ2n) is 7.55. The summed E-state index contributed by atoms with van der Waals surface area (Å²) in [6, 6.07) is 1.61. The first-order valence-electron chi connectivity index (χ1n) is 9.56. The van der Waals surface area contributed by atoms with E-state index in [4.69, 9.17) is 0 Å². The molecule has 2 aliphatic heterocycles. The average molecular weight is 293 g/mol. The number of nitrogens with zero attached hydrogens (tertiary/aromatic N) is 2. The van der Waals surface area contributed by atoms with E-state index in [-0.39, 0.29) is 0 Å². The molecule has 0 amide bonds. The minimum Gasteiger partial charge on any atom is -0.312 e. The van der Waals surface area contributed by atoms with E-state index in [0.717, 1.165) is 18.0 Å². The molecule has 0 radical (unpaired) electrons. The van der Waals surface area contributed by atoms with Crippen molar-refractivity contribution in [2.24, 2.45) is 5.92 Å². The van der Waals surface area contributed by atoms with Crippen LogP contribution in [0.1, 0.15) is 58.3 Å². The fourth-order valence-electron chi connectivity index (χ4n) is 4.80. The number of rotatable bonds is 6. The highest BCUT2D eigenvalue weighted by molar-refractivity contribution is 4.88. The highest BCUT2D eigenvalue weighted by Gasteiger charge is 2.31. The SMILES string of the molecule is CCCNC(CN1CCCN2CCCC2C1)C1CCCC1. The normalized spacial score (nSPS) is 30.4. The third-order valence-electron chi connectivity index (χ3n) is 5.97. The second-order valence-corrected chi connectivity index (χ2v) is 7.55. The number of hydrogen-bond acceptors (Lipinski definition) is 3.